The van der Waals surface area contributed by atoms with Crippen molar-refractivity contribution in [2.75, 3.05) is 26.9 Å². The van der Waals surface area contributed by atoms with Crippen molar-refractivity contribution in [3.63, 3.8) is 0 Å². The second-order valence-electron chi connectivity index (χ2n) is 9.95. The Labute approximate surface area is 191 Å². The molecule has 1 saturated carbocycles. The van der Waals surface area contributed by atoms with Crippen LogP contribution in [0.25, 0.3) is 0 Å². The van der Waals surface area contributed by atoms with Crippen LogP contribution < -0.4 is 10.4 Å². The fourth-order valence-electron chi connectivity index (χ4n) is 5.66. The van der Waals surface area contributed by atoms with Crippen LogP contribution in [-0.4, -0.2) is 35.0 Å². The predicted octanol–water partition coefficient (Wildman–Crippen LogP) is 5.77. The smallest absolute Gasteiger partial charge is 0.115 e. The lowest BCUT2D eigenvalue weighted by atomic mass is 9.66. The topological polar surface area (TPSA) is 18.5 Å². The molecule has 0 bridgehead atoms. The van der Waals surface area contributed by atoms with Crippen LogP contribution in [0.2, 0.25) is 12.6 Å². The number of ether oxygens (including phenoxy) is 2. The molecule has 0 N–H and O–H groups in total. The molecule has 31 heavy (non-hydrogen) atoms. The number of hydrogen-bond acceptors (Lipinski definition) is 2. The fraction of sp³-hybridized carbons (Fsp3) is 0.571. The van der Waals surface area contributed by atoms with Crippen LogP contribution >= 0.6 is 0 Å². The van der Waals surface area contributed by atoms with Crippen molar-refractivity contribution in [3.05, 3.63) is 60.7 Å². The van der Waals surface area contributed by atoms with Gasteiger partial charge in [-0.1, -0.05) is 97.3 Å². The summed E-state index contributed by atoms with van der Waals surface area (Å²) in [4.78, 5) is 0. The summed E-state index contributed by atoms with van der Waals surface area (Å²) in [6.45, 7) is 9.49. The van der Waals surface area contributed by atoms with Crippen LogP contribution in [0.15, 0.2) is 60.7 Å². The Balaban J connectivity index is 1.92. The molecule has 0 aliphatic heterocycles. The van der Waals surface area contributed by atoms with Gasteiger partial charge in [-0.25, -0.2) is 0 Å². The standard InChI is InChI=1S/C28H42O2Si/c1-5-30-23-28(22-29-3,25-18-16-24(2)17-19-25)20-21-31(4,26-12-8-6-9-13-26)27-14-10-7-11-15-27/h6-15,24-25H,5,16-23H2,1-4H3. The van der Waals surface area contributed by atoms with Gasteiger partial charge in [0, 0.05) is 19.1 Å². The molecule has 1 fully saturated rings. The monoisotopic (exact) mass is 438 g/mol. The van der Waals surface area contributed by atoms with E-state index in [-0.39, 0.29) is 5.41 Å². The van der Waals surface area contributed by atoms with Gasteiger partial charge in [-0.15, -0.1) is 0 Å². The Morgan fingerprint density at radius 2 is 1.42 bits per heavy atom. The maximum Gasteiger partial charge on any atom is 0.115 e. The van der Waals surface area contributed by atoms with E-state index in [9.17, 15) is 0 Å². The third-order valence-electron chi connectivity index (χ3n) is 7.85. The van der Waals surface area contributed by atoms with Gasteiger partial charge in [0.1, 0.15) is 8.07 Å². The molecule has 1 aliphatic carbocycles. The van der Waals surface area contributed by atoms with E-state index in [1.165, 1.54) is 48.5 Å². The van der Waals surface area contributed by atoms with Crippen molar-refractivity contribution >= 4 is 18.4 Å². The molecule has 2 aromatic rings. The summed E-state index contributed by atoms with van der Waals surface area (Å²) < 4.78 is 12.0. The number of rotatable bonds is 11. The minimum absolute atomic E-state index is 0.114. The van der Waals surface area contributed by atoms with E-state index in [1.807, 2.05) is 7.11 Å². The van der Waals surface area contributed by atoms with Crippen molar-refractivity contribution < 1.29 is 9.47 Å². The highest BCUT2D eigenvalue weighted by Gasteiger charge is 2.43. The van der Waals surface area contributed by atoms with Crippen LogP contribution in [0, 0.1) is 17.3 Å². The van der Waals surface area contributed by atoms with Crippen LogP contribution in [0.4, 0.5) is 0 Å². The molecule has 2 aromatic carbocycles. The quantitative estimate of drug-likeness (QED) is 0.415. The molecule has 0 amide bonds. The van der Waals surface area contributed by atoms with E-state index in [2.05, 4.69) is 81.1 Å². The highest BCUT2D eigenvalue weighted by Crippen LogP contribution is 2.45. The maximum absolute atomic E-state index is 6.14. The summed E-state index contributed by atoms with van der Waals surface area (Å²) in [5.41, 5.74) is 0.114. The first-order valence-electron chi connectivity index (χ1n) is 12.2. The molecule has 0 saturated heterocycles. The average molecular weight is 439 g/mol. The molecule has 3 rings (SSSR count). The summed E-state index contributed by atoms with van der Waals surface area (Å²) in [7, 11) is 0.00435. The normalized spacial score (nSPS) is 21.5. The Hall–Kier alpha value is -1.42. The third kappa shape index (κ3) is 5.88. The van der Waals surface area contributed by atoms with Gasteiger partial charge in [-0.05, 0) is 44.1 Å². The number of benzene rings is 2. The van der Waals surface area contributed by atoms with Gasteiger partial charge in [0.05, 0.1) is 13.2 Å². The van der Waals surface area contributed by atoms with Crippen molar-refractivity contribution in [2.24, 2.45) is 17.3 Å². The van der Waals surface area contributed by atoms with E-state index in [0.29, 0.717) is 5.92 Å². The van der Waals surface area contributed by atoms with E-state index >= 15 is 0 Å². The van der Waals surface area contributed by atoms with Gasteiger partial charge in [0.25, 0.3) is 0 Å². The molecular weight excluding hydrogens is 396 g/mol. The zero-order valence-corrected chi connectivity index (χ0v) is 21.1. The zero-order chi connectivity index (χ0) is 22.2. The number of hydrogen-bond donors (Lipinski definition) is 0. The van der Waals surface area contributed by atoms with Crippen molar-refractivity contribution in [1.82, 2.24) is 0 Å². The molecule has 2 nitrogen and oxygen atoms in total. The highest BCUT2D eigenvalue weighted by atomic mass is 28.3. The van der Waals surface area contributed by atoms with Crippen LogP contribution in [-0.2, 0) is 9.47 Å². The SMILES string of the molecule is CCOCC(CC[Si](C)(c1ccccc1)c1ccccc1)(COC)C1CCC(C)CC1. The molecular formula is C28H42O2Si. The predicted molar refractivity (Wildman–Crippen MR) is 135 cm³/mol. The van der Waals surface area contributed by atoms with E-state index in [4.69, 9.17) is 9.47 Å². The molecule has 0 aromatic heterocycles. The van der Waals surface area contributed by atoms with Gasteiger partial charge in [0.15, 0.2) is 0 Å². The molecule has 1 unspecified atom stereocenters. The van der Waals surface area contributed by atoms with Crippen molar-refractivity contribution in [3.8, 4) is 0 Å². The van der Waals surface area contributed by atoms with Crippen LogP contribution in [0.5, 0.6) is 0 Å². The molecule has 1 atom stereocenters. The Morgan fingerprint density at radius 3 is 1.90 bits per heavy atom. The van der Waals surface area contributed by atoms with E-state index in [0.717, 1.165) is 25.7 Å². The summed E-state index contributed by atoms with van der Waals surface area (Å²) >= 11 is 0. The molecule has 170 valence electrons. The Kier molecular flexibility index (Phi) is 8.94. The highest BCUT2D eigenvalue weighted by molar-refractivity contribution is 7.01. The lowest BCUT2D eigenvalue weighted by molar-refractivity contribution is -0.0565. The lowest BCUT2D eigenvalue weighted by Gasteiger charge is -2.45. The first-order valence-corrected chi connectivity index (χ1v) is 14.9. The Bertz CT molecular complexity index is 716. The van der Waals surface area contributed by atoms with Gasteiger partial charge < -0.3 is 9.47 Å². The average Bonchev–Trinajstić information content (AvgIpc) is 2.82. The Morgan fingerprint density at radius 1 is 0.871 bits per heavy atom. The largest absolute Gasteiger partial charge is 0.384 e. The molecule has 0 heterocycles. The summed E-state index contributed by atoms with van der Waals surface area (Å²) in [6.07, 6.45) is 6.48. The van der Waals surface area contributed by atoms with E-state index < -0.39 is 8.07 Å². The summed E-state index contributed by atoms with van der Waals surface area (Å²) in [5, 5.41) is 3.06. The van der Waals surface area contributed by atoms with Gasteiger partial charge in [0.2, 0.25) is 0 Å². The first-order chi connectivity index (χ1) is 15.0. The minimum Gasteiger partial charge on any atom is -0.384 e. The van der Waals surface area contributed by atoms with Gasteiger partial charge in [-0.3, -0.25) is 0 Å². The van der Waals surface area contributed by atoms with Crippen molar-refractivity contribution in [2.45, 2.75) is 58.5 Å². The third-order valence-corrected chi connectivity index (χ3v) is 12.3. The maximum atomic E-state index is 6.14. The van der Waals surface area contributed by atoms with Crippen molar-refractivity contribution in [1.29, 1.82) is 0 Å². The van der Waals surface area contributed by atoms with Crippen LogP contribution in [0.1, 0.15) is 46.0 Å². The first kappa shape index (κ1) is 24.2. The second kappa shape index (κ2) is 11.4. The lowest BCUT2D eigenvalue weighted by Crippen LogP contribution is -2.56. The zero-order valence-electron chi connectivity index (χ0n) is 20.1. The second-order valence-corrected chi connectivity index (χ2v) is 14.3. The molecule has 3 heteroatoms. The van der Waals surface area contributed by atoms with Gasteiger partial charge >= 0.3 is 0 Å². The fourth-order valence-corrected chi connectivity index (χ4v) is 9.42. The molecule has 0 spiro atoms. The minimum atomic E-state index is -1.87. The summed E-state index contributed by atoms with van der Waals surface area (Å²) in [6, 6.07) is 23.7. The molecule has 0 radical (unpaired) electrons. The van der Waals surface area contributed by atoms with Crippen LogP contribution in [0.3, 0.4) is 0 Å². The van der Waals surface area contributed by atoms with Gasteiger partial charge in [-0.2, -0.15) is 0 Å². The number of methoxy groups -OCH3 is 1. The molecule has 1 aliphatic rings. The summed E-state index contributed by atoms with van der Waals surface area (Å²) in [5.74, 6) is 1.55. The van der Waals surface area contributed by atoms with E-state index in [1.54, 1.807) is 0 Å².